The van der Waals surface area contributed by atoms with Gasteiger partial charge in [-0.05, 0) is 50.1 Å². The first-order valence-corrected chi connectivity index (χ1v) is 10.2. The molecule has 0 aliphatic heterocycles. The fourth-order valence-corrected chi connectivity index (χ4v) is 4.57. The summed E-state index contributed by atoms with van der Waals surface area (Å²) in [5.41, 5.74) is 2.70. The lowest BCUT2D eigenvalue weighted by atomic mass is 10.1. The van der Waals surface area contributed by atoms with Crippen LogP contribution in [-0.2, 0) is 11.3 Å². The summed E-state index contributed by atoms with van der Waals surface area (Å²) in [6.45, 7) is 7.50. The maximum atomic E-state index is 12.8. The highest BCUT2D eigenvalue weighted by atomic mass is 35.5. The van der Waals surface area contributed by atoms with Crippen molar-refractivity contribution in [2.45, 2.75) is 27.3 Å². The minimum atomic E-state index is -0.703. The molecule has 9 heteroatoms. The van der Waals surface area contributed by atoms with E-state index in [0.717, 1.165) is 21.3 Å². The fraction of sp³-hybridized carbons (Fsp3) is 0.300. The number of thiazole rings is 1. The molecule has 3 aromatic rings. The van der Waals surface area contributed by atoms with E-state index in [1.54, 1.807) is 0 Å². The highest BCUT2D eigenvalue weighted by molar-refractivity contribution is 7.16. The molecule has 0 atom stereocenters. The summed E-state index contributed by atoms with van der Waals surface area (Å²) in [4.78, 5) is 28.2. The molecule has 3 rings (SSSR count). The zero-order valence-corrected chi connectivity index (χ0v) is 17.8. The number of aromatic nitrogens is 1. The number of hydrogen-bond donors (Lipinski definition) is 0. The average molecular weight is 434 g/mol. The van der Waals surface area contributed by atoms with Crippen molar-refractivity contribution < 1.29 is 14.5 Å². The number of amides is 1. The van der Waals surface area contributed by atoms with E-state index in [0.29, 0.717) is 24.6 Å². The summed E-state index contributed by atoms with van der Waals surface area (Å²) in [5.74, 6) is -0.703. The third-order valence-corrected chi connectivity index (χ3v) is 5.62. The number of halogens is 1. The van der Waals surface area contributed by atoms with E-state index in [1.165, 1.54) is 29.5 Å². The first-order chi connectivity index (χ1) is 13.8. The lowest BCUT2D eigenvalue weighted by molar-refractivity contribution is -0.385. The van der Waals surface area contributed by atoms with Crippen LogP contribution >= 0.6 is 22.9 Å². The number of rotatable bonds is 6. The molecule has 0 spiro atoms. The van der Waals surface area contributed by atoms with Gasteiger partial charge in [0, 0.05) is 24.2 Å². The number of hydrogen-bond acceptors (Lipinski definition) is 5. The number of benzene rings is 2. The number of fused-ring (bicyclic) bond motifs is 1. The molecule has 0 radical (unpaired) electrons. The fourth-order valence-electron chi connectivity index (χ4n) is 3.17. The summed E-state index contributed by atoms with van der Waals surface area (Å²) in [5, 5.41) is 11.5. The van der Waals surface area contributed by atoms with Crippen LogP contribution < -0.4 is 4.80 Å². The third-order valence-electron chi connectivity index (χ3n) is 4.36. The Morgan fingerprint density at radius 2 is 2.07 bits per heavy atom. The Bertz CT molecular complexity index is 1170. The van der Waals surface area contributed by atoms with Gasteiger partial charge >= 0.3 is 0 Å². The highest BCUT2D eigenvalue weighted by Gasteiger charge is 2.21. The van der Waals surface area contributed by atoms with Crippen molar-refractivity contribution in [1.29, 1.82) is 0 Å². The second kappa shape index (κ2) is 8.86. The van der Waals surface area contributed by atoms with E-state index in [9.17, 15) is 14.9 Å². The van der Waals surface area contributed by atoms with E-state index in [-0.39, 0.29) is 16.3 Å². The second-order valence-corrected chi connectivity index (χ2v) is 7.94. The Morgan fingerprint density at radius 1 is 1.31 bits per heavy atom. The SMILES string of the molecule is CCOCCn1c(=NC(=O)c2cc(Cl)ccc2[N+](=O)[O-])sc2cc(C)cc(C)c21. The Morgan fingerprint density at radius 3 is 2.76 bits per heavy atom. The zero-order chi connectivity index (χ0) is 21.1. The second-order valence-electron chi connectivity index (χ2n) is 6.50. The summed E-state index contributed by atoms with van der Waals surface area (Å²) in [6.07, 6.45) is 0. The van der Waals surface area contributed by atoms with Gasteiger partial charge in [0.1, 0.15) is 5.56 Å². The van der Waals surface area contributed by atoms with Crippen LogP contribution in [0.15, 0.2) is 35.3 Å². The van der Waals surface area contributed by atoms with Gasteiger partial charge in [-0.2, -0.15) is 4.99 Å². The number of ether oxygens (including phenoxy) is 1. The first-order valence-electron chi connectivity index (χ1n) is 9.03. The third kappa shape index (κ3) is 4.55. The van der Waals surface area contributed by atoms with Crippen LogP contribution in [0.3, 0.4) is 0 Å². The van der Waals surface area contributed by atoms with Crippen LogP contribution in [0, 0.1) is 24.0 Å². The molecule has 0 saturated heterocycles. The maximum absolute atomic E-state index is 12.8. The zero-order valence-electron chi connectivity index (χ0n) is 16.3. The van der Waals surface area contributed by atoms with Gasteiger partial charge < -0.3 is 9.30 Å². The summed E-state index contributed by atoms with van der Waals surface area (Å²) in [6, 6.07) is 7.98. The highest BCUT2D eigenvalue weighted by Crippen LogP contribution is 2.25. The quantitative estimate of drug-likeness (QED) is 0.321. The molecule has 0 aliphatic carbocycles. The summed E-state index contributed by atoms with van der Waals surface area (Å²) < 4.78 is 8.40. The minimum absolute atomic E-state index is 0.135. The van der Waals surface area contributed by atoms with Crippen molar-refractivity contribution >= 4 is 44.7 Å². The predicted molar refractivity (Wildman–Crippen MR) is 114 cm³/mol. The van der Waals surface area contributed by atoms with E-state index in [2.05, 4.69) is 11.1 Å². The molecule has 0 bridgehead atoms. The molecule has 0 fully saturated rings. The van der Waals surface area contributed by atoms with Crippen LogP contribution in [0.25, 0.3) is 10.2 Å². The molecule has 0 aliphatic rings. The molecule has 1 heterocycles. The number of carbonyl (C=O) groups is 1. The van der Waals surface area contributed by atoms with Crippen LogP contribution in [0.2, 0.25) is 5.02 Å². The molecule has 152 valence electrons. The number of aryl methyl sites for hydroxylation is 2. The van der Waals surface area contributed by atoms with Crippen molar-refractivity contribution in [3.05, 3.63) is 67.0 Å². The van der Waals surface area contributed by atoms with E-state index in [1.807, 2.05) is 31.4 Å². The molecule has 0 unspecified atom stereocenters. The van der Waals surface area contributed by atoms with Crippen molar-refractivity contribution in [2.75, 3.05) is 13.2 Å². The molecule has 29 heavy (non-hydrogen) atoms. The van der Waals surface area contributed by atoms with Crippen molar-refractivity contribution in [1.82, 2.24) is 4.57 Å². The van der Waals surface area contributed by atoms with E-state index < -0.39 is 10.8 Å². The Balaban J connectivity index is 2.18. The summed E-state index contributed by atoms with van der Waals surface area (Å²) in [7, 11) is 0. The lowest BCUT2D eigenvalue weighted by Gasteiger charge is -2.08. The van der Waals surface area contributed by atoms with Gasteiger partial charge in [0.15, 0.2) is 4.80 Å². The number of nitrogens with zero attached hydrogens (tertiary/aromatic N) is 3. The van der Waals surface area contributed by atoms with Crippen LogP contribution in [0.5, 0.6) is 0 Å². The van der Waals surface area contributed by atoms with Crippen LogP contribution in [0.4, 0.5) is 5.69 Å². The molecule has 2 aromatic carbocycles. The molecular weight excluding hydrogens is 414 g/mol. The topological polar surface area (TPSA) is 86.7 Å². The Labute approximate surface area is 176 Å². The minimum Gasteiger partial charge on any atom is -0.380 e. The standard InChI is InChI=1S/C20H20ClN3O4S/c1-4-28-8-7-23-18-13(3)9-12(2)10-17(18)29-20(23)22-19(25)15-11-14(21)5-6-16(15)24(26)27/h5-6,9-11H,4,7-8H2,1-3H3. The van der Waals surface area contributed by atoms with Gasteiger partial charge in [-0.3, -0.25) is 14.9 Å². The van der Waals surface area contributed by atoms with E-state index >= 15 is 0 Å². The predicted octanol–water partition coefficient (Wildman–Crippen LogP) is 4.66. The lowest BCUT2D eigenvalue weighted by Crippen LogP contribution is -2.20. The van der Waals surface area contributed by atoms with Crippen molar-refractivity contribution in [3.8, 4) is 0 Å². The van der Waals surface area contributed by atoms with Gasteiger partial charge in [0.05, 0.1) is 21.7 Å². The summed E-state index contributed by atoms with van der Waals surface area (Å²) >= 11 is 7.32. The molecule has 7 nitrogen and oxygen atoms in total. The maximum Gasteiger partial charge on any atom is 0.286 e. The average Bonchev–Trinajstić information content (AvgIpc) is 2.98. The molecular formula is C20H20ClN3O4S. The molecule has 1 amide bonds. The van der Waals surface area contributed by atoms with Crippen LogP contribution in [0.1, 0.15) is 28.4 Å². The molecule has 0 N–H and O–H groups in total. The number of nitro benzene ring substituents is 1. The number of carbonyl (C=O) groups excluding carboxylic acids is 1. The Hall–Kier alpha value is -2.55. The van der Waals surface area contributed by atoms with Crippen molar-refractivity contribution in [3.63, 3.8) is 0 Å². The van der Waals surface area contributed by atoms with Gasteiger partial charge in [-0.25, -0.2) is 0 Å². The van der Waals surface area contributed by atoms with Crippen LogP contribution in [-0.4, -0.2) is 28.6 Å². The van der Waals surface area contributed by atoms with E-state index in [4.69, 9.17) is 16.3 Å². The van der Waals surface area contributed by atoms with Gasteiger partial charge in [-0.15, -0.1) is 0 Å². The van der Waals surface area contributed by atoms with Gasteiger partial charge in [-0.1, -0.05) is 29.0 Å². The molecule has 1 aromatic heterocycles. The molecule has 0 saturated carbocycles. The van der Waals surface area contributed by atoms with Crippen molar-refractivity contribution in [2.24, 2.45) is 4.99 Å². The van der Waals surface area contributed by atoms with Gasteiger partial charge in [0.2, 0.25) is 0 Å². The Kier molecular flexibility index (Phi) is 6.46. The smallest absolute Gasteiger partial charge is 0.286 e. The first kappa shape index (κ1) is 21.2. The van der Waals surface area contributed by atoms with Gasteiger partial charge in [0.25, 0.3) is 11.6 Å². The monoisotopic (exact) mass is 433 g/mol. The largest absolute Gasteiger partial charge is 0.380 e. The normalized spacial score (nSPS) is 11.9. The number of nitro groups is 1.